The van der Waals surface area contributed by atoms with Crippen LogP contribution in [0.15, 0.2) is 65.7 Å². The Hall–Kier alpha value is -3.71. The number of fused-ring (bicyclic) bond motifs is 4. The van der Waals surface area contributed by atoms with Gasteiger partial charge in [-0.2, -0.15) is 0 Å². The number of hydrogen-bond acceptors (Lipinski definition) is 6. The molecule has 3 N–H and O–H groups in total. The lowest BCUT2D eigenvalue weighted by Gasteiger charge is -2.24. The Bertz CT molecular complexity index is 1360. The second kappa shape index (κ2) is 7.46. The molecule has 1 atom stereocenters. The zero-order valence-electron chi connectivity index (χ0n) is 17.1. The fourth-order valence-electron chi connectivity index (χ4n) is 4.17. The molecule has 6 rings (SSSR count). The molecular formula is C24H20ClN5O2. The van der Waals surface area contributed by atoms with Crippen LogP contribution in [0, 0.1) is 0 Å². The van der Waals surface area contributed by atoms with Gasteiger partial charge in [-0.15, -0.1) is 0 Å². The second-order valence-corrected chi connectivity index (χ2v) is 8.23. The van der Waals surface area contributed by atoms with Gasteiger partial charge in [0.15, 0.2) is 23.6 Å². The Balaban J connectivity index is 1.49. The molecule has 1 aromatic heterocycles. The molecule has 0 radical (unpaired) electrons. The molecule has 1 unspecified atom stereocenters. The highest BCUT2D eigenvalue weighted by molar-refractivity contribution is 6.30. The van der Waals surface area contributed by atoms with Crippen molar-refractivity contribution >= 4 is 34.5 Å². The van der Waals surface area contributed by atoms with Crippen molar-refractivity contribution in [3.05, 3.63) is 71.2 Å². The van der Waals surface area contributed by atoms with Crippen LogP contribution >= 0.6 is 11.6 Å². The quantitative estimate of drug-likeness (QED) is 0.462. The summed E-state index contributed by atoms with van der Waals surface area (Å²) < 4.78 is 13.8. The summed E-state index contributed by atoms with van der Waals surface area (Å²) in [6.45, 7) is 1.25. The summed E-state index contributed by atoms with van der Waals surface area (Å²) in [6, 6.07) is 19.9. The van der Waals surface area contributed by atoms with Gasteiger partial charge in [0.2, 0.25) is 5.95 Å². The molecule has 0 amide bonds. The number of guanidine groups is 1. The maximum absolute atomic E-state index is 6.13. The lowest BCUT2D eigenvalue weighted by Crippen LogP contribution is -2.31. The topological polar surface area (TPSA) is 86.7 Å². The van der Waals surface area contributed by atoms with Crippen LogP contribution in [-0.4, -0.2) is 28.7 Å². The molecule has 2 aliphatic rings. The molecule has 3 heterocycles. The van der Waals surface area contributed by atoms with Crippen LogP contribution < -0.4 is 20.5 Å². The van der Waals surface area contributed by atoms with E-state index in [0.29, 0.717) is 41.6 Å². The van der Waals surface area contributed by atoms with Crippen LogP contribution in [0.2, 0.25) is 5.02 Å². The molecule has 0 saturated heterocycles. The molecule has 0 bridgehead atoms. The summed E-state index contributed by atoms with van der Waals surface area (Å²) in [4.78, 5) is 9.46. The molecule has 0 fully saturated rings. The number of ether oxygens (including phenoxy) is 2. The first-order valence-corrected chi connectivity index (χ1v) is 10.8. The van der Waals surface area contributed by atoms with Crippen molar-refractivity contribution in [1.82, 2.24) is 9.55 Å². The highest BCUT2D eigenvalue weighted by atomic mass is 35.5. The predicted molar refractivity (Wildman–Crippen MR) is 126 cm³/mol. The first-order valence-electron chi connectivity index (χ1n) is 10.4. The van der Waals surface area contributed by atoms with Crippen molar-refractivity contribution in [1.29, 1.82) is 0 Å². The van der Waals surface area contributed by atoms with Gasteiger partial charge in [0.1, 0.15) is 0 Å². The smallest absolute Gasteiger partial charge is 0.212 e. The predicted octanol–water partition coefficient (Wildman–Crippen LogP) is 4.81. The van der Waals surface area contributed by atoms with Gasteiger partial charge in [0.25, 0.3) is 0 Å². The van der Waals surface area contributed by atoms with Gasteiger partial charge >= 0.3 is 0 Å². The standard InChI is InChI=1S/C24H20ClN5O2/c25-17-7-5-14(6-8-17)15-3-1-4-16(11-15)22-28-23(26)29-24-27-18-12-20-21(13-19(18)30(22)24)32-10-2-9-31-20/h1,3-8,11-13,22H,2,9-10H2,(H3,26,27,28,29). The third kappa shape index (κ3) is 3.22. The van der Waals surface area contributed by atoms with E-state index in [-0.39, 0.29) is 6.17 Å². The minimum atomic E-state index is -0.367. The largest absolute Gasteiger partial charge is 0.489 e. The Labute approximate surface area is 189 Å². The van der Waals surface area contributed by atoms with E-state index >= 15 is 0 Å². The molecule has 8 heteroatoms. The number of aromatic nitrogens is 2. The zero-order chi connectivity index (χ0) is 21.7. The van der Waals surface area contributed by atoms with Crippen LogP contribution in [0.3, 0.4) is 0 Å². The van der Waals surface area contributed by atoms with Gasteiger partial charge in [0, 0.05) is 23.6 Å². The molecule has 0 aliphatic carbocycles. The van der Waals surface area contributed by atoms with Crippen molar-refractivity contribution in [3.63, 3.8) is 0 Å². The molecule has 2 aliphatic heterocycles. The lowest BCUT2D eigenvalue weighted by atomic mass is 10.0. The number of benzene rings is 3. The second-order valence-electron chi connectivity index (χ2n) is 7.79. The first-order chi connectivity index (χ1) is 15.7. The molecule has 32 heavy (non-hydrogen) atoms. The number of anilines is 1. The van der Waals surface area contributed by atoms with Gasteiger partial charge in [-0.1, -0.05) is 41.9 Å². The molecule has 3 aromatic carbocycles. The van der Waals surface area contributed by atoms with E-state index in [1.807, 2.05) is 53.1 Å². The molecule has 0 spiro atoms. The number of nitrogens with zero attached hydrogens (tertiary/aromatic N) is 3. The number of imidazole rings is 1. The average molecular weight is 446 g/mol. The molecule has 4 aromatic rings. The fourth-order valence-corrected chi connectivity index (χ4v) is 4.29. The van der Waals surface area contributed by atoms with E-state index in [1.165, 1.54) is 0 Å². The normalized spacial score (nSPS) is 17.3. The minimum absolute atomic E-state index is 0.323. The van der Waals surface area contributed by atoms with E-state index in [9.17, 15) is 0 Å². The van der Waals surface area contributed by atoms with Gasteiger partial charge in [-0.05, 0) is 34.9 Å². The van der Waals surface area contributed by atoms with E-state index in [2.05, 4.69) is 17.4 Å². The summed E-state index contributed by atoms with van der Waals surface area (Å²) in [5.74, 6) is 2.38. The third-order valence-corrected chi connectivity index (χ3v) is 5.92. The number of rotatable bonds is 2. The molecule has 0 saturated carbocycles. The van der Waals surface area contributed by atoms with Crippen molar-refractivity contribution in [2.45, 2.75) is 12.6 Å². The highest BCUT2D eigenvalue weighted by Crippen LogP contribution is 2.39. The van der Waals surface area contributed by atoms with Crippen molar-refractivity contribution < 1.29 is 9.47 Å². The number of nitrogens with two attached hydrogens (primary N) is 1. The summed E-state index contributed by atoms with van der Waals surface area (Å²) in [5.41, 5.74) is 11.0. The lowest BCUT2D eigenvalue weighted by molar-refractivity contribution is 0.297. The number of hydrogen-bond donors (Lipinski definition) is 2. The molecular weight excluding hydrogens is 426 g/mol. The minimum Gasteiger partial charge on any atom is -0.489 e. The van der Waals surface area contributed by atoms with E-state index < -0.39 is 0 Å². The molecule has 7 nitrogen and oxygen atoms in total. The van der Waals surface area contributed by atoms with Crippen molar-refractivity contribution in [2.75, 3.05) is 18.5 Å². The average Bonchev–Trinajstić information content (AvgIpc) is 2.98. The molecule has 160 valence electrons. The Kier molecular flexibility index (Phi) is 4.43. The van der Waals surface area contributed by atoms with Crippen LogP contribution in [-0.2, 0) is 0 Å². The highest BCUT2D eigenvalue weighted by Gasteiger charge is 2.27. The summed E-state index contributed by atoms with van der Waals surface area (Å²) in [5, 5.41) is 3.80. The number of halogens is 1. The summed E-state index contributed by atoms with van der Waals surface area (Å²) in [6.07, 6.45) is 0.480. The monoisotopic (exact) mass is 445 g/mol. The van der Waals surface area contributed by atoms with Crippen LogP contribution in [0.4, 0.5) is 5.95 Å². The number of aliphatic imine (C=N–C) groups is 1. The maximum Gasteiger partial charge on any atom is 0.212 e. The Morgan fingerprint density at radius 3 is 2.56 bits per heavy atom. The maximum atomic E-state index is 6.13. The Morgan fingerprint density at radius 2 is 1.75 bits per heavy atom. The zero-order valence-corrected chi connectivity index (χ0v) is 17.8. The first kappa shape index (κ1) is 19.0. The summed E-state index contributed by atoms with van der Waals surface area (Å²) in [7, 11) is 0. The van der Waals surface area contributed by atoms with Crippen LogP contribution in [0.5, 0.6) is 11.5 Å². The van der Waals surface area contributed by atoms with Gasteiger partial charge in [-0.25, -0.2) is 9.98 Å². The van der Waals surface area contributed by atoms with E-state index in [4.69, 9.17) is 36.8 Å². The third-order valence-electron chi connectivity index (χ3n) is 5.67. The van der Waals surface area contributed by atoms with Crippen LogP contribution in [0.1, 0.15) is 18.2 Å². The SMILES string of the molecule is NC1=NC(c2cccc(-c3ccc(Cl)cc3)c2)n2c(nc3cc4c(cc32)OCCCO4)N1. The van der Waals surface area contributed by atoms with Gasteiger partial charge < -0.3 is 15.2 Å². The summed E-state index contributed by atoms with van der Waals surface area (Å²) >= 11 is 6.06. The van der Waals surface area contributed by atoms with Gasteiger partial charge in [0.05, 0.1) is 24.2 Å². The van der Waals surface area contributed by atoms with E-state index in [0.717, 1.165) is 34.1 Å². The van der Waals surface area contributed by atoms with Crippen LogP contribution in [0.25, 0.3) is 22.2 Å². The van der Waals surface area contributed by atoms with Gasteiger partial charge in [-0.3, -0.25) is 9.88 Å². The van der Waals surface area contributed by atoms with Crippen molar-refractivity contribution in [3.8, 4) is 22.6 Å². The van der Waals surface area contributed by atoms with E-state index in [1.54, 1.807) is 0 Å². The number of nitrogens with one attached hydrogen (secondary N) is 1. The van der Waals surface area contributed by atoms with Crippen molar-refractivity contribution in [2.24, 2.45) is 10.7 Å². The Morgan fingerprint density at radius 1 is 0.969 bits per heavy atom. The fraction of sp³-hybridized carbons (Fsp3) is 0.167.